The van der Waals surface area contributed by atoms with E-state index in [9.17, 15) is 13.2 Å². The molecule has 1 amide bonds. The minimum Gasteiger partial charge on any atom is -0.398 e. The quantitative estimate of drug-likeness (QED) is 0.773. The predicted octanol–water partition coefficient (Wildman–Crippen LogP) is 1.01. The third-order valence-corrected chi connectivity index (χ3v) is 5.99. The van der Waals surface area contributed by atoms with Crippen molar-refractivity contribution < 1.29 is 13.2 Å². The van der Waals surface area contributed by atoms with Crippen molar-refractivity contribution in [2.45, 2.75) is 10.8 Å². The molecule has 1 aromatic heterocycles. The Morgan fingerprint density at radius 2 is 1.90 bits per heavy atom. The minimum absolute atomic E-state index is 0.00412. The molecule has 1 aromatic carbocycles. The number of carbonyl (C=O) groups excluding carboxylic acids is 1. The molecular formula is C13H15N3O3S2. The summed E-state index contributed by atoms with van der Waals surface area (Å²) in [5, 5.41) is 1.66. The number of primary amides is 1. The maximum atomic E-state index is 12.5. The van der Waals surface area contributed by atoms with E-state index >= 15 is 0 Å². The van der Waals surface area contributed by atoms with Gasteiger partial charge in [0, 0.05) is 12.2 Å². The molecule has 0 aliphatic heterocycles. The fourth-order valence-corrected chi connectivity index (χ4v) is 4.33. The summed E-state index contributed by atoms with van der Waals surface area (Å²) in [4.78, 5) is 11.2. The Hall–Kier alpha value is -1.90. The Bertz CT molecular complexity index is 727. The average molecular weight is 325 g/mol. The normalized spacial score (nSPS) is 11.7. The Labute approximate surface area is 127 Å². The molecule has 2 aromatic rings. The lowest BCUT2D eigenvalue weighted by Crippen LogP contribution is -2.37. The summed E-state index contributed by atoms with van der Waals surface area (Å²) in [7, 11) is -3.77. The molecule has 4 N–H and O–H groups in total. The first-order valence-electron chi connectivity index (χ1n) is 6.06. The van der Waals surface area contributed by atoms with E-state index in [1.54, 1.807) is 35.7 Å². The second kappa shape index (κ2) is 6.25. The number of amides is 1. The zero-order valence-corrected chi connectivity index (χ0v) is 12.7. The van der Waals surface area contributed by atoms with E-state index < -0.39 is 22.5 Å². The SMILES string of the molecule is NC(=O)CN(Cc1ccccc1N)S(=O)(=O)c1cccs1. The Kier molecular flexibility index (Phi) is 4.61. The molecule has 0 aliphatic carbocycles. The van der Waals surface area contributed by atoms with Gasteiger partial charge in [-0.05, 0) is 23.1 Å². The van der Waals surface area contributed by atoms with E-state index in [0.717, 1.165) is 15.6 Å². The van der Waals surface area contributed by atoms with Crippen LogP contribution in [-0.4, -0.2) is 25.2 Å². The van der Waals surface area contributed by atoms with Gasteiger partial charge in [-0.2, -0.15) is 4.31 Å². The van der Waals surface area contributed by atoms with Crippen LogP contribution in [0.5, 0.6) is 0 Å². The van der Waals surface area contributed by atoms with E-state index in [0.29, 0.717) is 11.3 Å². The maximum Gasteiger partial charge on any atom is 0.253 e. The molecule has 0 bridgehead atoms. The fourth-order valence-electron chi connectivity index (χ4n) is 1.81. The van der Waals surface area contributed by atoms with Crippen molar-refractivity contribution in [1.29, 1.82) is 0 Å². The van der Waals surface area contributed by atoms with Gasteiger partial charge in [0.15, 0.2) is 0 Å². The number of thiophene rings is 1. The molecule has 2 rings (SSSR count). The average Bonchev–Trinajstić information content (AvgIpc) is 2.94. The van der Waals surface area contributed by atoms with Gasteiger partial charge in [0.05, 0.1) is 6.54 Å². The standard InChI is InChI=1S/C13H15N3O3S2/c14-11-5-2-1-4-10(11)8-16(9-12(15)17)21(18,19)13-6-3-7-20-13/h1-7H,8-9,14H2,(H2,15,17). The highest BCUT2D eigenvalue weighted by Gasteiger charge is 2.27. The second-order valence-electron chi connectivity index (χ2n) is 4.37. The van der Waals surface area contributed by atoms with Gasteiger partial charge in [-0.25, -0.2) is 8.42 Å². The summed E-state index contributed by atoms with van der Waals surface area (Å²) in [5.41, 5.74) is 12.1. The van der Waals surface area contributed by atoms with Gasteiger partial charge in [-0.3, -0.25) is 4.79 Å². The molecule has 0 radical (unpaired) electrons. The smallest absolute Gasteiger partial charge is 0.253 e. The van der Waals surface area contributed by atoms with Crippen LogP contribution in [0.1, 0.15) is 5.56 Å². The molecule has 0 aliphatic rings. The maximum absolute atomic E-state index is 12.5. The summed E-state index contributed by atoms with van der Waals surface area (Å²) in [5.74, 6) is -0.718. The lowest BCUT2D eigenvalue weighted by Gasteiger charge is -2.20. The number of hydrogen-bond acceptors (Lipinski definition) is 5. The molecule has 1 heterocycles. The zero-order chi connectivity index (χ0) is 15.5. The monoisotopic (exact) mass is 325 g/mol. The molecule has 0 atom stereocenters. The molecule has 0 saturated heterocycles. The molecular weight excluding hydrogens is 310 g/mol. The summed E-state index contributed by atoms with van der Waals surface area (Å²) in [6.45, 7) is -0.398. The van der Waals surface area contributed by atoms with E-state index in [2.05, 4.69) is 0 Å². The van der Waals surface area contributed by atoms with Crippen LogP contribution < -0.4 is 11.5 Å². The van der Waals surface area contributed by atoms with Gasteiger partial charge in [0.2, 0.25) is 5.91 Å². The van der Waals surface area contributed by atoms with Gasteiger partial charge >= 0.3 is 0 Å². The van der Waals surface area contributed by atoms with Gasteiger partial charge in [0.1, 0.15) is 4.21 Å². The molecule has 21 heavy (non-hydrogen) atoms. The topological polar surface area (TPSA) is 106 Å². The molecule has 0 fully saturated rings. The van der Waals surface area contributed by atoms with Crippen LogP contribution in [0.2, 0.25) is 0 Å². The van der Waals surface area contributed by atoms with Gasteiger partial charge in [-0.15, -0.1) is 11.3 Å². The zero-order valence-electron chi connectivity index (χ0n) is 11.1. The summed E-state index contributed by atoms with van der Waals surface area (Å²) < 4.78 is 26.3. The van der Waals surface area contributed by atoms with Crippen LogP contribution in [0, 0.1) is 0 Å². The molecule has 0 unspecified atom stereocenters. The third-order valence-electron chi connectivity index (χ3n) is 2.82. The number of carbonyl (C=O) groups is 1. The van der Waals surface area contributed by atoms with Crippen molar-refractivity contribution in [3.05, 3.63) is 47.3 Å². The van der Waals surface area contributed by atoms with Crippen LogP contribution in [-0.2, 0) is 21.4 Å². The molecule has 8 heteroatoms. The molecule has 0 spiro atoms. The highest BCUT2D eigenvalue weighted by Crippen LogP contribution is 2.23. The van der Waals surface area contributed by atoms with Crippen molar-refractivity contribution in [2.24, 2.45) is 5.73 Å². The van der Waals surface area contributed by atoms with Crippen molar-refractivity contribution in [1.82, 2.24) is 4.31 Å². The Balaban J connectivity index is 2.36. The predicted molar refractivity (Wildman–Crippen MR) is 82.0 cm³/mol. The lowest BCUT2D eigenvalue weighted by atomic mass is 10.2. The Morgan fingerprint density at radius 1 is 1.19 bits per heavy atom. The van der Waals surface area contributed by atoms with Crippen molar-refractivity contribution in [3.8, 4) is 0 Å². The number of anilines is 1. The second-order valence-corrected chi connectivity index (χ2v) is 7.48. The summed E-state index contributed by atoms with van der Waals surface area (Å²) in [6, 6.07) is 10.0. The lowest BCUT2D eigenvalue weighted by molar-refractivity contribution is -0.118. The summed E-state index contributed by atoms with van der Waals surface area (Å²) in [6.07, 6.45) is 0. The number of benzene rings is 1. The minimum atomic E-state index is -3.77. The fraction of sp³-hybridized carbons (Fsp3) is 0.154. The van der Waals surface area contributed by atoms with Gasteiger partial charge < -0.3 is 11.5 Å². The van der Waals surface area contributed by atoms with E-state index in [1.807, 2.05) is 0 Å². The first-order chi connectivity index (χ1) is 9.91. The van der Waals surface area contributed by atoms with E-state index in [4.69, 9.17) is 11.5 Å². The van der Waals surface area contributed by atoms with Crippen LogP contribution in [0.15, 0.2) is 46.0 Å². The molecule has 112 valence electrons. The van der Waals surface area contributed by atoms with E-state index in [-0.39, 0.29) is 10.8 Å². The largest absolute Gasteiger partial charge is 0.398 e. The number of sulfonamides is 1. The van der Waals surface area contributed by atoms with Crippen molar-refractivity contribution in [2.75, 3.05) is 12.3 Å². The number of nitrogens with two attached hydrogens (primary N) is 2. The number of nitrogen functional groups attached to an aromatic ring is 1. The van der Waals surface area contributed by atoms with Gasteiger partial charge in [0.25, 0.3) is 10.0 Å². The number of para-hydroxylation sites is 1. The number of hydrogen-bond donors (Lipinski definition) is 2. The highest BCUT2D eigenvalue weighted by atomic mass is 32.2. The molecule has 0 saturated carbocycles. The Morgan fingerprint density at radius 3 is 2.48 bits per heavy atom. The van der Waals surface area contributed by atoms with Crippen LogP contribution >= 0.6 is 11.3 Å². The van der Waals surface area contributed by atoms with Crippen LogP contribution in [0.25, 0.3) is 0 Å². The first kappa shape index (κ1) is 15.5. The van der Waals surface area contributed by atoms with Gasteiger partial charge in [-0.1, -0.05) is 24.3 Å². The first-order valence-corrected chi connectivity index (χ1v) is 8.38. The molecule has 6 nitrogen and oxygen atoms in total. The van der Waals surface area contributed by atoms with Crippen molar-refractivity contribution >= 4 is 33.0 Å². The van der Waals surface area contributed by atoms with Crippen LogP contribution in [0.4, 0.5) is 5.69 Å². The highest BCUT2D eigenvalue weighted by molar-refractivity contribution is 7.91. The number of nitrogens with zero attached hydrogens (tertiary/aromatic N) is 1. The van der Waals surface area contributed by atoms with Crippen molar-refractivity contribution in [3.63, 3.8) is 0 Å². The van der Waals surface area contributed by atoms with E-state index in [1.165, 1.54) is 6.07 Å². The summed E-state index contributed by atoms with van der Waals surface area (Å²) >= 11 is 1.09. The number of rotatable bonds is 6. The third kappa shape index (κ3) is 3.60. The van der Waals surface area contributed by atoms with Crippen LogP contribution in [0.3, 0.4) is 0 Å².